The number of nitrogens with one attached hydrogen (secondary N) is 1. The van der Waals surface area contributed by atoms with Gasteiger partial charge < -0.3 is 24.3 Å². The van der Waals surface area contributed by atoms with Crippen LogP contribution in [0.1, 0.15) is 30.9 Å². The van der Waals surface area contributed by atoms with Gasteiger partial charge in [0.1, 0.15) is 12.4 Å². The summed E-state index contributed by atoms with van der Waals surface area (Å²) in [6.45, 7) is 6.76. The first kappa shape index (κ1) is 18.1. The van der Waals surface area contributed by atoms with Gasteiger partial charge >= 0.3 is 0 Å². The molecule has 2 fully saturated rings. The lowest BCUT2D eigenvalue weighted by molar-refractivity contribution is -0.0559. The molecule has 0 amide bonds. The predicted octanol–water partition coefficient (Wildman–Crippen LogP) is 0.716. The molecule has 8 heteroatoms. The Hall–Kier alpha value is -1.67. The van der Waals surface area contributed by atoms with E-state index in [2.05, 4.69) is 20.4 Å². The van der Waals surface area contributed by atoms with Gasteiger partial charge in [0, 0.05) is 46.3 Å². The smallest absolute Gasteiger partial charge is 0.194 e. The van der Waals surface area contributed by atoms with E-state index in [1.54, 1.807) is 7.11 Å². The summed E-state index contributed by atoms with van der Waals surface area (Å²) in [4.78, 5) is 7.17. The Labute approximate surface area is 149 Å². The van der Waals surface area contributed by atoms with Crippen molar-refractivity contribution in [2.75, 3.05) is 40.0 Å². The van der Waals surface area contributed by atoms with Crippen LogP contribution in [0, 0.1) is 12.8 Å². The van der Waals surface area contributed by atoms with Gasteiger partial charge in [0.05, 0.1) is 12.7 Å². The Morgan fingerprint density at radius 2 is 2.28 bits per heavy atom. The van der Waals surface area contributed by atoms with Crippen molar-refractivity contribution in [2.45, 2.75) is 38.8 Å². The highest BCUT2D eigenvalue weighted by atomic mass is 16.5. The van der Waals surface area contributed by atoms with Gasteiger partial charge in [-0.3, -0.25) is 0 Å². The first-order valence-electron chi connectivity index (χ1n) is 9.17. The minimum atomic E-state index is 0.423. The molecule has 140 valence electrons. The van der Waals surface area contributed by atoms with E-state index >= 15 is 0 Å². The number of ether oxygens (including phenoxy) is 2. The topological polar surface area (TPSA) is 76.8 Å². The van der Waals surface area contributed by atoms with Crippen LogP contribution in [-0.2, 0) is 23.1 Å². The number of piperidine rings is 1. The summed E-state index contributed by atoms with van der Waals surface area (Å²) in [5.41, 5.74) is 0. The Kier molecular flexibility index (Phi) is 6.25. The second-order valence-corrected chi connectivity index (χ2v) is 6.83. The van der Waals surface area contributed by atoms with Gasteiger partial charge in [0.25, 0.3) is 0 Å². The van der Waals surface area contributed by atoms with Crippen molar-refractivity contribution in [1.82, 2.24) is 25.0 Å². The summed E-state index contributed by atoms with van der Waals surface area (Å²) in [6.07, 6.45) is 3.90. The van der Waals surface area contributed by atoms with E-state index in [0.29, 0.717) is 25.2 Å². The van der Waals surface area contributed by atoms with Crippen LogP contribution in [0.3, 0.4) is 0 Å². The van der Waals surface area contributed by atoms with Crippen molar-refractivity contribution in [3.63, 3.8) is 0 Å². The van der Waals surface area contributed by atoms with E-state index in [1.165, 1.54) is 6.42 Å². The van der Waals surface area contributed by atoms with E-state index in [9.17, 15) is 0 Å². The molecule has 0 bridgehead atoms. The highest BCUT2D eigenvalue weighted by Gasteiger charge is 2.33. The molecule has 1 N–H and O–H groups in total. The molecule has 1 aromatic heterocycles. The quantitative estimate of drug-likeness (QED) is 0.479. The zero-order chi connectivity index (χ0) is 17.6. The third-order valence-electron chi connectivity index (χ3n) is 5.16. The molecule has 2 atom stereocenters. The molecule has 2 unspecified atom stereocenters. The average Bonchev–Trinajstić information content (AvgIpc) is 2.96. The number of guanidine groups is 1. The minimum Gasteiger partial charge on any atom is -0.383 e. The molecule has 3 rings (SSSR count). The summed E-state index contributed by atoms with van der Waals surface area (Å²) in [5, 5.41) is 11.8. The summed E-state index contributed by atoms with van der Waals surface area (Å²) in [7, 11) is 3.69. The van der Waals surface area contributed by atoms with Crippen LogP contribution in [0.4, 0.5) is 0 Å². The third kappa shape index (κ3) is 4.49. The number of aromatic nitrogens is 3. The Morgan fingerprint density at radius 1 is 1.40 bits per heavy atom. The number of hydrogen-bond donors (Lipinski definition) is 1. The number of aliphatic imine (C=N–C) groups is 1. The van der Waals surface area contributed by atoms with E-state index in [0.717, 1.165) is 56.7 Å². The van der Waals surface area contributed by atoms with Crippen LogP contribution in [0.2, 0.25) is 0 Å². The van der Waals surface area contributed by atoms with E-state index < -0.39 is 0 Å². The lowest BCUT2D eigenvalue weighted by atomic mass is 9.88. The van der Waals surface area contributed by atoms with Gasteiger partial charge in [-0.05, 0) is 26.2 Å². The maximum absolute atomic E-state index is 5.93. The van der Waals surface area contributed by atoms with Gasteiger partial charge in [0.15, 0.2) is 11.8 Å². The van der Waals surface area contributed by atoms with E-state index in [-0.39, 0.29) is 0 Å². The van der Waals surface area contributed by atoms with Crippen molar-refractivity contribution >= 4 is 5.96 Å². The molecule has 8 nitrogen and oxygen atoms in total. The monoisotopic (exact) mass is 350 g/mol. The summed E-state index contributed by atoms with van der Waals surface area (Å²) < 4.78 is 13.1. The molecule has 2 aliphatic heterocycles. The van der Waals surface area contributed by atoms with Crippen molar-refractivity contribution in [3.8, 4) is 0 Å². The zero-order valence-corrected chi connectivity index (χ0v) is 15.6. The van der Waals surface area contributed by atoms with Gasteiger partial charge in [-0.15, -0.1) is 10.2 Å². The standard InChI is InChI=1S/C17H30N6O2/c1-13-20-21-16(22(13)2)11-19-17(18-7-10-24-3)23-8-6-15-14(12-23)5-4-9-25-15/h14-15H,4-12H2,1-3H3,(H,18,19). The fourth-order valence-corrected chi connectivity index (χ4v) is 3.55. The summed E-state index contributed by atoms with van der Waals surface area (Å²) in [6, 6.07) is 0. The highest BCUT2D eigenvalue weighted by Crippen LogP contribution is 2.28. The fourth-order valence-electron chi connectivity index (χ4n) is 3.55. The second-order valence-electron chi connectivity index (χ2n) is 6.83. The number of rotatable bonds is 5. The number of nitrogens with zero attached hydrogens (tertiary/aromatic N) is 5. The van der Waals surface area contributed by atoms with Crippen LogP contribution in [0.15, 0.2) is 4.99 Å². The maximum Gasteiger partial charge on any atom is 0.194 e. The average molecular weight is 350 g/mol. The number of likely N-dealkylation sites (tertiary alicyclic amines) is 1. The summed E-state index contributed by atoms with van der Waals surface area (Å²) >= 11 is 0. The molecule has 2 saturated heterocycles. The second kappa shape index (κ2) is 8.62. The molecular formula is C17H30N6O2. The van der Waals surface area contributed by atoms with Crippen molar-refractivity contribution < 1.29 is 9.47 Å². The minimum absolute atomic E-state index is 0.423. The molecule has 0 saturated carbocycles. The first-order chi connectivity index (χ1) is 12.2. The number of hydrogen-bond acceptors (Lipinski definition) is 5. The van der Waals surface area contributed by atoms with Crippen molar-refractivity contribution in [1.29, 1.82) is 0 Å². The predicted molar refractivity (Wildman–Crippen MR) is 95.4 cm³/mol. The molecule has 25 heavy (non-hydrogen) atoms. The number of fused-ring (bicyclic) bond motifs is 1. The fraction of sp³-hybridized carbons (Fsp3) is 0.824. The Balaban J connectivity index is 1.67. The van der Waals surface area contributed by atoms with Crippen LogP contribution in [0.5, 0.6) is 0 Å². The number of aryl methyl sites for hydroxylation is 1. The SMILES string of the molecule is COCCNC(=NCc1nnc(C)n1C)N1CCC2OCCCC2C1. The Morgan fingerprint density at radius 3 is 3.04 bits per heavy atom. The molecule has 0 radical (unpaired) electrons. The van der Waals surface area contributed by atoms with Crippen LogP contribution >= 0.6 is 0 Å². The van der Waals surface area contributed by atoms with Crippen molar-refractivity contribution in [3.05, 3.63) is 11.6 Å². The molecule has 2 aliphatic rings. The van der Waals surface area contributed by atoms with Crippen molar-refractivity contribution in [2.24, 2.45) is 18.0 Å². The van der Waals surface area contributed by atoms with Gasteiger partial charge in [-0.25, -0.2) is 4.99 Å². The van der Waals surface area contributed by atoms with Gasteiger partial charge in [0.2, 0.25) is 0 Å². The first-order valence-corrected chi connectivity index (χ1v) is 9.17. The molecular weight excluding hydrogens is 320 g/mol. The molecule has 3 heterocycles. The summed E-state index contributed by atoms with van der Waals surface area (Å²) in [5.74, 6) is 3.31. The number of methoxy groups -OCH3 is 1. The zero-order valence-electron chi connectivity index (χ0n) is 15.6. The highest BCUT2D eigenvalue weighted by molar-refractivity contribution is 5.80. The molecule has 0 aliphatic carbocycles. The lowest BCUT2D eigenvalue weighted by Crippen LogP contribution is -2.52. The molecule has 1 aromatic rings. The van der Waals surface area contributed by atoms with E-state index in [1.807, 2.05) is 18.5 Å². The lowest BCUT2D eigenvalue weighted by Gasteiger charge is -2.42. The molecule has 0 spiro atoms. The Bertz CT molecular complexity index is 588. The molecule has 0 aromatic carbocycles. The van der Waals surface area contributed by atoms with Gasteiger partial charge in [-0.1, -0.05) is 0 Å². The van der Waals surface area contributed by atoms with Gasteiger partial charge in [-0.2, -0.15) is 0 Å². The van der Waals surface area contributed by atoms with Crippen LogP contribution in [-0.4, -0.2) is 71.7 Å². The largest absolute Gasteiger partial charge is 0.383 e. The normalized spacial score (nSPS) is 24.3. The van der Waals surface area contributed by atoms with Crippen LogP contribution < -0.4 is 5.32 Å². The van der Waals surface area contributed by atoms with Crippen LogP contribution in [0.25, 0.3) is 0 Å². The third-order valence-corrected chi connectivity index (χ3v) is 5.16. The van der Waals surface area contributed by atoms with E-state index in [4.69, 9.17) is 14.5 Å². The maximum atomic E-state index is 5.93.